The van der Waals surface area contributed by atoms with Gasteiger partial charge in [0.1, 0.15) is 17.0 Å². The number of sulfonamides is 1. The number of pyridine rings is 1. The van der Waals surface area contributed by atoms with Crippen molar-refractivity contribution < 1.29 is 8.42 Å². The van der Waals surface area contributed by atoms with Gasteiger partial charge in [-0.15, -0.1) is 10.2 Å². The second-order valence-corrected chi connectivity index (χ2v) is 5.81. The topological polar surface area (TPSA) is 89.8 Å². The molecule has 0 saturated heterocycles. The summed E-state index contributed by atoms with van der Waals surface area (Å²) in [5.41, 5.74) is 0. The number of aromatic nitrogens is 4. The largest absolute Gasteiger partial charge is 0.317 e. The molecule has 102 valence electrons. The first kappa shape index (κ1) is 13.9. The van der Waals surface area contributed by atoms with Gasteiger partial charge in [-0.1, -0.05) is 11.6 Å². The van der Waals surface area contributed by atoms with Gasteiger partial charge in [-0.25, -0.2) is 13.1 Å². The summed E-state index contributed by atoms with van der Waals surface area (Å²) in [6, 6.07) is 1.42. The molecule has 0 fully saturated rings. The summed E-state index contributed by atoms with van der Waals surface area (Å²) < 4.78 is 28.3. The molecular weight excluding hydrogens is 290 g/mol. The molecule has 0 aromatic carbocycles. The minimum absolute atomic E-state index is 0.0431. The fourth-order valence-corrected chi connectivity index (χ4v) is 2.89. The van der Waals surface area contributed by atoms with Crippen molar-refractivity contribution in [2.24, 2.45) is 0 Å². The zero-order valence-corrected chi connectivity index (χ0v) is 11.7. The molecule has 0 radical (unpaired) electrons. The Morgan fingerprint density at radius 3 is 2.95 bits per heavy atom. The van der Waals surface area contributed by atoms with Crippen LogP contribution in [-0.2, 0) is 23.1 Å². The molecule has 2 aromatic heterocycles. The predicted octanol–water partition coefficient (Wildman–Crippen LogP) is 0.825. The van der Waals surface area contributed by atoms with Crippen molar-refractivity contribution in [3.63, 3.8) is 0 Å². The highest BCUT2D eigenvalue weighted by Crippen LogP contribution is 2.19. The third-order valence-corrected chi connectivity index (χ3v) is 4.35. The van der Waals surface area contributed by atoms with Crippen molar-refractivity contribution in [1.82, 2.24) is 24.5 Å². The summed E-state index contributed by atoms with van der Waals surface area (Å²) in [6.07, 6.45) is 4.17. The monoisotopic (exact) mass is 301 g/mol. The molecule has 1 N–H and O–H groups in total. The first-order chi connectivity index (χ1) is 9.04. The van der Waals surface area contributed by atoms with Gasteiger partial charge in [-0.3, -0.25) is 4.98 Å². The highest BCUT2D eigenvalue weighted by atomic mass is 35.5. The lowest BCUT2D eigenvalue weighted by atomic mass is 10.5. The van der Waals surface area contributed by atoms with Gasteiger partial charge in [-0.2, -0.15) is 0 Å². The summed E-state index contributed by atoms with van der Waals surface area (Å²) in [5.74, 6) is 0.533. The number of hydrogen-bond donors (Lipinski definition) is 1. The molecule has 0 atom stereocenters. The van der Waals surface area contributed by atoms with Gasteiger partial charge < -0.3 is 4.57 Å². The molecule has 2 rings (SSSR count). The number of aryl methyl sites for hydroxylation is 1. The molecular formula is C10H12ClN5O2S. The lowest BCUT2D eigenvalue weighted by molar-refractivity contribution is 0.575. The second-order valence-electron chi connectivity index (χ2n) is 3.66. The van der Waals surface area contributed by atoms with E-state index in [9.17, 15) is 8.42 Å². The van der Waals surface area contributed by atoms with E-state index in [0.717, 1.165) is 0 Å². The summed E-state index contributed by atoms with van der Waals surface area (Å²) >= 11 is 5.84. The standard InChI is InChI=1S/C10H12ClN5O2S/c1-2-16-7-13-15-10(16)6-14-19(17,18)9-5-12-4-3-8(9)11/h3-5,7,14H,2,6H2,1H3. The first-order valence-corrected chi connectivity index (χ1v) is 7.36. The van der Waals surface area contributed by atoms with Gasteiger partial charge in [-0.05, 0) is 13.0 Å². The smallest absolute Gasteiger partial charge is 0.244 e. The SMILES string of the molecule is CCn1cnnc1CNS(=O)(=O)c1cnccc1Cl. The maximum absolute atomic E-state index is 12.1. The van der Waals surface area contributed by atoms with Crippen LogP contribution in [0.25, 0.3) is 0 Å². The highest BCUT2D eigenvalue weighted by Gasteiger charge is 2.18. The lowest BCUT2D eigenvalue weighted by Crippen LogP contribution is -2.25. The van der Waals surface area contributed by atoms with Crippen LogP contribution in [0.4, 0.5) is 0 Å². The molecule has 0 amide bonds. The summed E-state index contributed by atoms with van der Waals surface area (Å²) in [5, 5.41) is 7.69. The van der Waals surface area contributed by atoms with Crippen molar-refractivity contribution >= 4 is 21.6 Å². The number of rotatable bonds is 5. The first-order valence-electron chi connectivity index (χ1n) is 5.50. The fraction of sp³-hybridized carbons (Fsp3) is 0.300. The van der Waals surface area contributed by atoms with Gasteiger partial charge in [0, 0.05) is 18.9 Å². The minimum Gasteiger partial charge on any atom is -0.317 e. The van der Waals surface area contributed by atoms with Crippen LogP contribution in [0.2, 0.25) is 5.02 Å². The van der Waals surface area contributed by atoms with Gasteiger partial charge in [0.05, 0.1) is 11.6 Å². The molecule has 2 heterocycles. The Hall–Kier alpha value is -1.51. The molecule has 9 heteroatoms. The molecule has 0 saturated carbocycles. The van der Waals surface area contributed by atoms with Crippen molar-refractivity contribution in [2.75, 3.05) is 0 Å². The average Bonchev–Trinajstić information content (AvgIpc) is 2.84. The number of nitrogens with zero attached hydrogens (tertiary/aromatic N) is 4. The van der Waals surface area contributed by atoms with Crippen molar-refractivity contribution in [3.8, 4) is 0 Å². The maximum atomic E-state index is 12.1. The molecule has 0 aliphatic carbocycles. The molecule has 0 aliphatic rings. The van der Waals surface area contributed by atoms with E-state index in [2.05, 4.69) is 19.9 Å². The minimum atomic E-state index is -3.72. The average molecular weight is 302 g/mol. The van der Waals surface area contributed by atoms with E-state index >= 15 is 0 Å². The van der Waals surface area contributed by atoms with Crippen LogP contribution < -0.4 is 4.72 Å². The predicted molar refractivity (Wildman–Crippen MR) is 69.0 cm³/mol. The Kier molecular flexibility index (Phi) is 4.13. The third-order valence-electron chi connectivity index (χ3n) is 2.48. The van der Waals surface area contributed by atoms with Crippen LogP contribution in [0, 0.1) is 0 Å². The van der Waals surface area contributed by atoms with Crippen LogP contribution in [-0.4, -0.2) is 28.2 Å². The van der Waals surface area contributed by atoms with Crippen molar-refractivity contribution in [1.29, 1.82) is 0 Å². The summed E-state index contributed by atoms with van der Waals surface area (Å²) in [7, 11) is -3.72. The third kappa shape index (κ3) is 3.09. The lowest BCUT2D eigenvalue weighted by Gasteiger charge is -2.07. The fourth-order valence-electron chi connectivity index (χ4n) is 1.48. The normalized spacial score (nSPS) is 11.7. The van der Waals surface area contributed by atoms with Gasteiger partial charge in [0.2, 0.25) is 10.0 Å². The van der Waals surface area contributed by atoms with Gasteiger partial charge >= 0.3 is 0 Å². The highest BCUT2D eigenvalue weighted by molar-refractivity contribution is 7.89. The van der Waals surface area contributed by atoms with Crippen LogP contribution in [0.3, 0.4) is 0 Å². The zero-order valence-electron chi connectivity index (χ0n) is 10.1. The molecule has 0 unspecified atom stereocenters. The van der Waals surface area contributed by atoms with E-state index in [1.54, 1.807) is 10.9 Å². The Labute approximate surface area is 115 Å². The second kappa shape index (κ2) is 5.64. The van der Waals surface area contributed by atoms with E-state index < -0.39 is 10.0 Å². The van der Waals surface area contributed by atoms with E-state index in [1.165, 1.54) is 18.5 Å². The Morgan fingerprint density at radius 2 is 2.26 bits per heavy atom. The van der Waals surface area contributed by atoms with E-state index in [1.807, 2.05) is 6.92 Å². The Morgan fingerprint density at radius 1 is 1.47 bits per heavy atom. The van der Waals surface area contributed by atoms with Crippen molar-refractivity contribution in [2.45, 2.75) is 24.9 Å². The van der Waals surface area contributed by atoms with E-state index in [0.29, 0.717) is 12.4 Å². The van der Waals surface area contributed by atoms with Crippen LogP contribution in [0.5, 0.6) is 0 Å². The quantitative estimate of drug-likeness (QED) is 0.883. The van der Waals surface area contributed by atoms with Crippen molar-refractivity contribution in [3.05, 3.63) is 35.6 Å². The summed E-state index contributed by atoms with van der Waals surface area (Å²) in [4.78, 5) is 3.70. The maximum Gasteiger partial charge on any atom is 0.244 e. The van der Waals surface area contributed by atoms with Crippen LogP contribution in [0.1, 0.15) is 12.7 Å². The summed E-state index contributed by atoms with van der Waals surface area (Å²) in [6.45, 7) is 2.62. The van der Waals surface area contributed by atoms with E-state index in [4.69, 9.17) is 11.6 Å². The molecule has 2 aromatic rings. The van der Waals surface area contributed by atoms with Crippen LogP contribution in [0.15, 0.2) is 29.7 Å². The number of nitrogens with one attached hydrogen (secondary N) is 1. The molecule has 0 aliphatic heterocycles. The van der Waals surface area contributed by atoms with E-state index in [-0.39, 0.29) is 16.5 Å². The Bertz CT molecular complexity index is 670. The molecule has 0 spiro atoms. The molecule has 0 bridgehead atoms. The zero-order chi connectivity index (χ0) is 13.9. The van der Waals surface area contributed by atoms with Gasteiger partial charge in [0.15, 0.2) is 0 Å². The molecule has 7 nitrogen and oxygen atoms in total. The molecule has 19 heavy (non-hydrogen) atoms. The van der Waals surface area contributed by atoms with Gasteiger partial charge in [0.25, 0.3) is 0 Å². The Balaban J connectivity index is 2.17. The van der Waals surface area contributed by atoms with Crippen LogP contribution >= 0.6 is 11.6 Å². The number of hydrogen-bond acceptors (Lipinski definition) is 5. The number of halogens is 1.